The second kappa shape index (κ2) is 8.17. The molecule has 1 aromatic rings. The lowest BCUT2D eigenvalue weighted by molar-refractivity contribution is 0.158. The van der Waals surface area contributed by atoms with Crippen LogP contribution in [0.5, 0.6) is 0 Å². The van der Waals surface area contributed by atoms with Crippen LogP contribution in [-0.2, 0) is 13.5 Å². The van der Waals surface area contributed by atoms with Crippen LogP contribution in [0.3, 0.4) is 0 Å². The van der Waals surface area contributed by atoms with Crippen LogP contribution >= 0.6 is 0 Å². The lowest BCUT2D eigenvalue weighted by Crippen LogP contribution is -2.11. The van der Waals surface area contributed by atoms with E-state index in [-0.39, 0.29) is 6.10 Å². The molecular weight excluding hydrogens is 216 g/mol. The van der Waals surface area contributed by atoms with E-state index in [0.717, 1.165) is 12.8 Å². The molecule has 17 heavy (non-hydrogen) atoms. The third kappa shape index (κ3) is 6.36. The third-order valence-corrected chi connectivity index (χ3v) is 2.86. The highest BCUT2D eigenvalue weighted by Crippen LogP contribution is 2.10. The lowest BCUT2D eigenvalue weighted by Gasteiger charge is -2.07. The van der Waals surface area contributed by atoms with Crippen molar-refractivity contribution in [2.24, 2.45) is 7.05 Å². The predicted octanol–water partition coefficient (Wildman–Crippen LogP) is 1.86. The molecule has 0 amide bonds. The Kier molecular flexibility index (Phi) is 6.77. The number of aryl methyl sites for hydroxylation is 1. The van der Waals surface area contributed by atoms with Crippen LogP contribution in [0.2, 0.25) is 0 Å². The van der Waals surface area contributed by atoms with Crippen LogP contribution in [-0.4, -0.2) is 31.4 Å². The molecule has 1 atom stereocenters. The predicted molar refractivity (Wildman–Crippen MR) is 66.5 cm³/mol. The molecule has 0 saturated heterocycles. The van der Waals surface area contributed by atoms with Gasteiger partial charge >= 0.3 is 0 Å². The van der Waals surface area contributed by atoms with E-state index in [1.54, 1.807) is 7.05 Å². The molecular formula is C12H24N4O. The summed E-state index contributed by atoms with van der Waals surface area (Å²) in [5, 5.41) is 21.5. The zero-order chi connectivity index (χ0) is 12.5. The Labute approximate surface area is 103 Å². The minimum atomic E-state index is -0.328. The fourth-order valence-corrected chi connectivity index (χ4v) is 1.88. The molecule has 0 aliphatic heterocycles. The zero-order valence-electron chi connectivity index (χ0n) is 11.0. The number of unbranched alkanes of at least 4 members (excludes halogenated alkanes) is 5. The molecule has 1 rings (SSSR count). The van der Waals surface area contributed by atoms with E-state index in [9.17, 15) is 5.11 Å². The molecule has 5 nitrogen and oxygen atoms in total. The van der Waals surface area contributed by atoms with Crippen LogP contribution in [0.25, 0.3) is 0 Å². The minimum absolute atomic E-state index is 0.328. The molecule has 0 fully saturated rings. The Morgan fingerprint density at radius 3 is 2.53 bits per heavy atom. The van der Waals surface area contributed by atoms with E-state index in [1.807, 2.05) is 0 Å². The molecule has 1 unspecified atom stereocenters. The van der Waals surface area contributed by atoms with Crippen molar-refractivity contribution in [3.8, 4) is 0 Å². The molecule has 5 heteroatoms. The van der Waals surface area contributed by atoms with Crippen LogP contribution in [0.1, 0.15) is 57.7 Å². The van der Waals surface area contributed by atoms with Gasteiger partial charge in [-0.05, 0) is 11.6 Å². The number of rotatable bonds is 9. The molecule has 0 aliphatic carbocycles. The van der Waals surface area contributed by atoms with Crippen molar-refractivity contribution in [1.82, 2.24) is 20.2 Å². The van der Waals surface area contributed by atoms with Crippen molar-refractivity contribution >= 4 is 0 Å². The summed E-state index contributed by atoms with van der Waals surface area (Å²) >= 11 is 0. The normalized spacial score (nSPS) is 12.9. The Morgan fingerprint density at radius 2 is 1.88 bits per heavy atom. The Morgan fingerprint density at radius 1 is 1.18 bits per heavy atom. The van der Waals surface area contributed by atoms with E-state index in [1.165, 1.54) is 36.9 Å². The highest BCUT2D eigenvalue weighted by atomic mass is 16.3. The fourth-order valence-electron chi connectivity index (χ4n) is 1.88. The molecule has 0 aromatic carbocycles. The van der Waals surface area contributed by atoms with Crippen LogP contribution < -0.4 is 0 Å². The van der Waals surface area contributed by atoms with Gasteiger partial charge in [-0.3, -0.25) is 0 Å². The van der Waals surface area contributed by atoms with E-state index >= 15 is 0 Å². The van der Waals surface area contributed by atoms with Gasteiger partial charge in [0.05, 0.1) is 13.2 Å². The maximum absolute atomic E-state index is 9.80. The molecule has 0 aliphatic rings. The minimum Gasteiger partial charge on any atom is -0.393 e. The number of hydrogen-bond acceptors (Lipinski definition) is 4. The van der Waals surface area contributed by atoms with Crippen molar-refractivity contribution in [3.63, 3.8) is 0 Å². The Hall–Kier alpha value is -0.970. The lowest BCUT2D eigenvalue weighted by atomic mass is 10.1. The quantitative estimate of drug-likeness (QED) is 0.669. The molecule has 0 bridgehead atoms. The molecule has 0 spiro atoms. The second-order valence-electron chi connectivity index (χ2n) is 4.61. The third-order valence-electron chi connectivity index (χ3n) is 2.86. The molecule has 0 saturated carbocycles. The Bertz CT molecular complexity index is 300. The van der Waals surface area contributed by atoms with Gasteiger partial charge in [-0.1, -0.05) is 45.4 Å². The van der Waals surface area contributed by atoms with Gasteiger partial charge in [0.2, 0.25) is 0 Å². The summed E-state index contributed by atoms with van der Waals surface area (Å²) < 4.78 is 0. The number of aromatic nitrogens is 4. The van der Waals surface area contributed by atoms with Gasteiger partial charge in [-0.25, -0.2) is 0 Å². The van der Waals surface area contributed by atoms with E-state index < -0.39 is 0 Å². The topological polar surface area (TPSA) is 63.8 Å². The largest absolute Gasteiger partial charge is 0.393 e. The van der Waals surface area contributed by atoms with Gasteiger partial charge in [-0.15, -0.1) is 10.2 Å². The molecule has 1 aromatic heterocycles. The highest BCUT2D eigenvalue weighted by Gasteiger charge is 2.09. The van der Waals surface area contributed by atoms with Gasteiger partial charge in [0.15, 0.2) is 5.82 Å². The zero-order valence-corrected chi connectivity index (χ0v) is 11.0. The first-order valence-corrected chi connectivity index (χ1v) is 6.63. The van der Waals surface area contributed by atoms with Crippen LogP contribution in [0.4, 0.5) is 0 Å². The average Bonchev–Trinajstić information content (AvgIpc) is 2.69. The van der Waals surface area contributed by atoms with Crippen LogP contribution in [0, 0.1) is 0 Å². The first kappa shape index (κ1) is 14.1. The summed E-state index contributed by atoms with van der Waals surface area (Å²) in [5.41, 5.74) is 0. The highest BCUT2D eigenvalue weighted by molar-refractivity contribution is 4.80. The maximum atomic E-state index is 9.80. The van der Waals surface area contributed by atoms with Gasteiger partial charge < -0.3 is 5.11 Å². The molecule has 1 heterocycles. The SMILES string of the molecule is CCCCCCCCC(O)Cc1nnn(C)n1. The summed E-state index contributed by atoms with van der Waals surface area (Å²) in [6.45, 7) is 2.22. The van der Waals surface area contributed by atoms with E-state index in [0.29, 0.717) is 12.2 Å². The van der Waals surface area contributed by atoms with Crippen molar-refractivity contribution in [1.29, 1.82) is 0 Å². The van der Waals surface area contributed by atoms with Gasteiger partial charge in [0.25, 0.3) is 0 Å². The monoisotopic (exact) mass is 240 g/mol. The summed E-state index contributed by atoms with van der Waals surface area (Å²) in [4.78, 5) is 1.42. The van der Waals surface area contributed by atoms with Gasteiger partial charge in [0, 0.05) is 6.42 Å². The summed E-state index contributed by atoms with van der Waals surface area (Å²) in [6, 6.07) is 0. The van der Waals surface area contributed by atoms with E-state index in [2.05, 4.69) is 22.3 Å². The van der Waals surface area contributed by atoms with Crippen molar-refractivity contribution in [3.05, 3.63) is 5.82 Å². The first-order chi connectivity index (χ1) is 8.22. The second-order valence-corrected chi connectivity index (χ2v) is 4.61. The summed E-state index contributed by atoms with van der Waals surface area (Å²) in [6.07, 6.45) is 8.53. The fraction of sp³-hybridized carbons (Fsp3) is 0.917. The number of tetrazole rings is 1. The average molecular weight is 240 g/mol. The molecule has 98 valence electrons. The number of hydrogen-bond donors (Lipinski definition) is 1. The van der Waals surface area contributed by atoms with E-state index in [4.69, 9.17) is 0 Å². The maximum Gasteiger partial charge on any atom is 0.177 e. The Balaban J connectivity index is 2.03. The number of aliphatic hydroxyl groups is 1. The molecule has 1 N–H and O–H groups in total. The summed E-state index contributed by atoms with van der Waals surface area (Å²) in [7, 11) is 1.73. The molecule has 0 radical (unpaired) electrons. The van der Waals surface area contributed by atoms with Crippen molar-refractivity contribution in [2.75, 3.05) is 0 Å². The first-order valence-electron chi connectivity index (χ1n) is 6.63. The van der Waals surface area contributed by atoms with Crippen molar-refractivity contribution in [2.45, 2.75) is 64.4 Å². The van der Waals surface area contributed by atoms with Crippen molar-refractivity contribution < 1.29 is 5.11 Å². The number of aliphatic hydroxyl groups excluding tert-OH is 1. The standard InChI is InChI=1S/C12H24N4O/c1-3-4-5-6-7-8-9-11(17)10-12-13-15-16(2)14-12/h11,17H,3-10H2,1-2H3. The van der Waals surface area contributed by atoms with Gasteiger partial charge in [-0.2, -0.15) is 4.80 Å². The smallest absolute Gasteiger partial charge is 0.177 e. The number of nitrogens with zero attached hydrogens (tertiary/aromatic N) is 4. The summed E-state index contributed by atoms with van der Waals surface area (Å²) in [5.74, 6) is 0.631. The van der Waals surface area contributed by atoms with Crippen LogP contribution in [0.15, 0.2) is 0 Å². The van der Waals surface area contributed by atoms with Gasteiger partial charge in [0.1, 0.15) is 0 Å².